The second-order valence-corrected chi connectivity index (χ2v) is 9.23. The predicted octanol–water partition coefficient (Wildman–Crippen LogP) is 5.01. The molecular formula is C20H21Br3N2O4. The van der Waals surface area contributed by atoms with Crippen molar-refractivity contribution in [2.24, 2.45) is 0 Å². The second kappa shape index (κ2) is 11.0. The molecule has 0 aromatic heterocycles. The van der Waals surface area contributed by atoms with Gasteiger partial charge in [-0.05, 0) is 70.2 Å². The lowest BCUT2D eigenvalue weighted by molar-refractivity contribution is -0.131. The van der Waals surface area contributed by atoms with Crippen molar-refractivity contribution in [2.75, 3.05) is 13.2 Å². The van der Waals surface area contributed by atoms with E-state index in [0.29, 0.717) is 11.5 Å². The van der Waals surface area contributed by atoms with E-state index < -0.39 is 11.8 Å². The molecule has 0 saturated heterocycles. The van der Waals surface area contributed by atoms with Gasteiger partial charge in [0.2, 0.25) is 0 Å². The Morgan fingerprint density at radius 2 is 1.55 bits per heavy atom. The molecule has 29 heavy (non-hydrogen) atoms. The number of carbonyl (C=O) groups is 2. The molecule has 6 nitrogen and oxygen atoms in total. The van der Waals surface area contributed by atoms with Gasteiger partial charge in [-0.2, -0.15) is 0 Å². The Morgan fingerprint density at radius 1 is 0.931 bits per heavy atom. The van der Waals surface area contributed by atoms with E-state index in [1.165, 1.54) is 0 Å². The summed E-state index contributed by atoms with van der Waals surface area (Å²) in [4.78, 5) is 23.9. The zero-order valence-electron chi connectivity index (χ0n) is 16.1. The van der Waals surface area contributed by atoms with Crippen LogP contribution < -0.4 is 20.3 Å². The summed E-state index contributed by atoms with van der Waals surface area (Å²) in [5.41, 5.74) is 6.48. The molecule has 0 atom stereocenters. The van der Waals surface area contributed by atoms with Crippen LogP contribution in [0.4, 0.5) is 0 Å². The molecule has 2 rings (SSSR count). The molecule has 0 radical (unpaired) electrons. The van der Waals surface area contributed by atoms with Crippen molar-refractivity contribution in [1.82, 2.24) is 10.9 Å². The molecule has 0 fully saturated rings. The van der Waals surface area contributed by atoms with Gasteiger partial charge >= 0.3 is 0 Å². The average molecular weight is 593 g/mol. The highest BCUT2D eigenvalue weighted by molar-refractivity contribution is 9.11. The first-order valence-corrected chi connectivity index (χ1v) is 11.1. The molecule has 0 spiro atoms. The molecule has 0 bridgehead atoms. The van der Waals surface area contributed by atoms with Gasteiger partial charge in [0.15, 0.2) is 13.2 Å². The van der Waals surface area contributed by atoms with Gasteiger partial charge in [0, 0.05) is 8.95 Å². The number of aryl methyl sites for hydroxylation is 1. The first-order chi connectivity index (χ1) is 13.7. The Labute approximate surface area is 195 Å². The van der Waals surface area contributed by atoms with Gasteiger partial charge in [0.1, 0.15) is 11.5 Å². The van der Waals surface area contributed by atoms with Crippen molar-refractivity contribution in [3.8, 4) is 11.5 Å². The van der Waals surface area contributed by atoms with Crippen molar-refractivity contribution in [1.29, 1.82) is 0 Å². The zero-order chi connectivity index (χ0) is 21.6. The molecule has 0 aliphatic heterocycles. The Balaban J connectivity index is 1.80. The van der Waals surface area contributed by atoms with Crippen LogP contribution in [0.5, 0.6) is 11.5 Å². The third-order valence-electron chi connectivity index (χ3n) is 3.84. The molecule has 0 heterocycles. The summed E-state index contributed by atoms with van der Waals surface area (Å²) in [5, 5.41) is 0. The minimum atomic E-state index is -0.487. The van der Waals surface area contributed by atoms with E-state index in [1.54, 1.807) is 6.07 Å². The van der Waals surface area contributed by atoms with Crippen LogP contribution in [0.1, 0.15) is 30.9 Å². The number of hydrogen-bond donors (Lipinski definition) is 2. The first-order valence-electron chi connectivity index (χ1n) is 8.75. The van der Waals surface area contributed by atoms with Gasteiger partial charge in [-0.1, -0.05) is 45.7 Å². The van der Waals surface area contributed by atoms with Gasteiger partial charge in [0.05, 0.1) is 4.47 Å². The molecule has 2 aromatic carbocycles. The summed E-state index contributed by atoms with van der Waals surface area (Å²) in [6.45, 7) is 5.49. The SMILES string of the molecule is Cc1cc(Br)cc(Br)c1OCC(=O)NNC(=O)COc1ccc(Br)cc1C(C)C. The van der Waals surface area contributed by atoms with E-state index in [4.69, 9.17) is 9.47 Å². The average Bonchev–Trinajstić information content (AvgIpc) is 2.64. The lowest BCUT2D eigenvalue weighted by Crippen LogP contribution is -2.45. The Hall–Kier alpha value is -1.58. The van der Waals surface area contributed by atoms with E-state index in [-0.39, 0.29) is 19.1 Å². The number of ether oxygens (including phenoxy) is 2. The van der Waals surface area contributed by atoms with Gasteiger partial charge in [-0.3, -0.25) is 20.4 Å². The molecule has 0 saturated carbocycles. The van der Waals surface area contributed by atoms with Gasteiger partial charge in [0.25, 0.3) is 11.8 Å². The van der Waals surface area contributed by atoms with Crippen LogP contribution in [0.2, 0.25) is 0 Å². The molecule has 156 valence electrons. The van der Waals surface area contributed by atoms with Crippen molar-refractivity contribution in [3.63, 3.8) is 0 Å². The largest absolute Gasteiger partial charge is 0.483 e. The number of hydrazine groups is 1. The summed E-state index contributed by atoms with van der Waals surface area (Å²) in [6, 6.07) is 9.31. The fourth-order valence-corrected chi connectivity index (χ4v) is 4.40. The number of nitrogens with one attached hydrogen (secondary N) is 2. The monoisotopic (exact) mass is 590 g/mol. The lowest BCUT2D eigenvalue weighted by atomic mass is 10.0. The maximum absolute atomic E-state index is 12.0. The topological polar surface area (TPSA) is 76.7 Å². The highest BCUT2D eigenvalue weighted by atomic mass is 79.9. The third-order valence-corrected chi connectivity index (χ3v) is 5.38. The van der Waals surface area contributed by atoms with Crippen molar-refractivity contribution in [2.45, 2.75) is 26.7 Å². The normalized spacial score (nSPS) is 10.6. The quantitative estimate of drug-likeness (QED) is 0.443. The van der Waals surface area contributed by atoms with Crippen LogP contribution in [-0.2, 0) is 9.59 Å². The number of carbonyl (C=O) groups excluding carboxylic acids is 2. The van der Waals surface area contributed by atoms with Crippen molar-refractivity contribution < 1.29 is 19.1 Å². The molecule has 2 amide bonds. The fourth-order valence-electron chi connectivity index (χ4n) is 2.47. The molecule has 0 aliphatic carbocycles. The molecule has 2 N–H and O–H groups in total. The van der Waals surface area contributed by atoms with Gasteiger partial charge in [-0.25, -0.2) is 0 Å². The number of benzene rings is 2. The van der Waals surface area contributed by atoms with Gasteiger partial charge < -0.3 is 9.47 Å². The van der Waals surface area contributed by atoms with E-state index in [1.807, 2.05) is 45.0 Å². The second-order valence-electron chi connectivity index (χ2n) is 6.54. The molecule has 0 unspecified atom stereocenters. The maximum atomic E-state index is 12.0. The summed E-state index contributed by atoms with van der Waals surface area (Å²) >= 11 is 10.2. The van der Waals surface area contributed by atoms with E-state index >= 15 is 0 Å². The number of rotatable bonds is 7. The van der Waals surface area contributed by atoms with E-state index in [0.717, 1.165) is 24.5 Å². The Kier molecular flexibility index (Phi) is 8.98. The predicted molar refractivity (Wildman–Crippen MR) is 122 cm³/mol. The van der Waals surface area contributed by atoms with Crippen LogP contribution in [0.3, 0.4) is 0 Å². The zero-order valence-corrected chi connectivity index (χ0v) is 20.9. The fraction of sp³-hybridized carbons (Fsp3) is 0.300. The summed E-state index contributed by atoms with van der Waals surface area (Å²) in [6.07, 6.45) is 0. The lowest BCUT2D eigenvalue weighted by Gasteiger charge is -2.15. The van der Waals surface area contributed by atoms with E-state index in [2.05, 4.69) is 58.6 Å². The standard InChI is InChI=1S/C20H21Br3N2O4/c1-11(2)15-7-13(21)4-5-17(15)28-9-18(26)24-25-19(27)10-29-20-12(3)6-14(22)8-16(20)23/h4-8,11H,9-10H2,1-3H3,(H,24,26)(H,25,27). The smallest absolute Gasteiger partial charge is 0.276 e. The Morgan fingerprint density at radius 3 is 2.14 bits per heavy atom. The third kappa shape index (κ3) is 7.31. The summed E-state index contributed by atoms with van der Waals surface area (Å²) < 4.78 is 13.7. The minimum absolute atomic E-state index is 0.222. The first kappa shape index (κ1) is 23.7. The number of halogens is 3. The molecule has 2 aromatic rings. The number of hydrogen-bond acceptors (Lipinski definition) is 4. The van der Waals surface area contributed by atoms with Crippen molar-refractivity contribution in [3.05, 3.63) is 54.9 Å². The van der Waals surface area contributed by atoms with Crippen molar-refractivity contribution >= 4 is 59.6 Å². The molecule has 0 aliphatic rings. The van der Waals surface area contributed by atoms with Crippen LogP contribution in [-0.4, -0.2) is 25.0 Å². The summed E-state index contributed by atoms with van der Waals surface area (Å²) in [5.74, 6) is 0.470. The van der Waals surface area contributed by atoms with Crippen LogP contribution >= 0.6 is 47.8 Å². The van der Waals surface area contributed by atoms with Crippen LogP contribution in [0, 0.1) is 6.92 Å². The minimum Gasteiger partial charge on any atom is -0.483 e. The highest BCUT2D eigenvalue weighted by Crippen LogP contribution is 2.32. The van der Waals surface area contributed by atoms with E-state index in [9.17, 15) is 9.59 Å². The maximum Gasteiger partial charge on any atom is 0.276 e. The highest BCUT2D eigenvalue weighted by Gasteiger charge is 2.13. The number of amides is 2. The summed E-state index contributed by atoms with van der Waals surface area (Å²) in [7, 11) is 0. The van der Waals surface area contributed by atoms with Crippen LogP contribution in [0.25, 0.3) is 0 Å². The Bertz CT molecular complexity index is 880. The molecular weight excluding hydrogens is 572 g/mol. The van der Waals surface area contributed by atoms with Crippen LogP contribution in [0.15, 0.2) is 43.7 Å². The van der Waals surface area contributed by atoms with Gasteiger partial charge in [-0.15, -0.1) is 0 Å². The molecule has 9 heteroatoms.